The van der Waals surface area contributed by atoms with Crippen molar-refractivity contribution in [3.63, 3.8) is 0 Å². The van der Waals surface area contributed by atoms with Crippen molar-refractivity contribution in [2.24, 2.45) is 5.14 Å². The van der Waals surface area contributed by atoms with Crippen molar-refractivity contribution in [2.45, 2.75) is 37.8 Å². The van der Waals surface area contributed by atoms with Gasteiger partial charge in [-0.1, -0.05) is 19.1 Å². The van der Waals surface area contributed by atoms with E-state index in [2.05, 4.69) is 29.1 Å². The van der Waals surface area contributed by atoms with Crippen LogP contribution in [-0.4, -0.2) is 25.3 Å². The fourth-order valence-corrected chi connectivity index (χ4v) is 3.42. The SMILES string of the molecule is CCc1nc(CN(C)[C@H](C)c2ccc(S(N)(=O)=O)cc2)cs1. The van der Waals surface area contributed by atoms with E-state index in [0.29, 0.717) is 0 Å². The Kier molecular flexibility index (Phi) is 5.33. The van der Waals surface area contributed by atoms with Crippen molar-refractivity contribution in [3.8, 4) is 0 Å². The lowest BCUT2D eigenvalue weighted by Gasteiger charge is -2.24. The van der Waals surface area contributed by atoms with Crippen LogP contribution in [0.5, 0.6) is 0 Å². The van der Waals surface area contributed by atoms with Crippen molar-refractivity contribution >= 4 is 21.4 Å². The molecule has 0 aliphatic heterocycles. The van der Waals surface area contributed by atoms with Crippen LogP contribution in [0.15, 0.2) is 34.5 Å². The maximum atomic E-state index is 11.3. The number of hydrogen-bond donors (Lipinski definition) is 1. The Morgan fingerprint density at radius 3 is 2.45 bits per heavy atom. The molecule has 22 heavy (non-hydrogen) atoms. The monoisotopic (exact) mass is 339 g/mol. The van der Waals surface area contributed by atoms with Crippen LogP contribution in [0.1, 0.15) is 36.2 Å². The van der Waals surface area contributed by atoms with E-state index in [9.17, 15) is 8.42 Å². The minimum absolute atomic E-state index is 0.137. The van der Waals surface area contributed by atoms with Crippen molar-refractivity contribution in [1.29, 1.82) is 0 Å². The minimum Gasteiger partial charge on any atom is -0.294 e. The summed E-state index contributed by atoms with van der Waals surface area (Å²) in [4.78, 5) is 6.89. The number of primary sulfonamides is 1. The fraction of sp³-hybridized carbons (Fsp3) is 0.400. The van der Waals surface area contributed by atoms with Crippen LogP contribution in [0.25, 0.3) is 0 Å². The van der Waals surface area contributed by atoms with E-state index in [-0.39, 0.29) is 10.9 Å². The van der Waals surface area contributed by atoms with Crippen LogP contribution in [-0.2, 0) is 23.0 Å². The summed E-state index contributed by atoms with van der Waals surface area (Å²) >= 11 is 1.69. The zero-order valence-electron chi connectivity index (χ0n) is 13.0. The summed E-state index contributed by atoms with van der Waals surface area (Å²) in [6.45, 7) is 4.94. The Morgan fingerprint density at radius 2 is 1.95 bits per heavy atom. The molecule has 1 aromatic heterocycles. The summed E-state index contributed by atoms with van der Waals surface area (Å²) in [7, 11) is -1.61. The van der Waals surface area contributed by atoms with E-state index >= 15 is 0 Å². The van der Waals surface area contributed by atoms with Gasteiger partial charge in [0.1, 0.15) is 0 Å². The Hall–Kier alpha value is -1.28. The highest BCUT2D eigenvalue weighted by Crippen LogP contribution is 2.22. The van der Waals surface area contributed by atoms with Gasteiger partial charge in [-0.2, -0.15) is 0 Å². The molecule has 1 heterocycles. The van der Waals surface area contributed by atoms with E-state index in [1.807, 2.05) is 7.05 Å². The topological polar surface area (TPSA) is 76.3 Å². The van der Waals surface area contributed by atoms with Gasteiger partial charge in [0.2, 0.25) is 10.0 Å². The smallest absolute Gasteiger partial charge is 0.238 e. The highest BCUT2D eigenvalue weighted by molar-refractivity contribution is 7.89. The zero-order valence-corrected chi connectivity index (χ0v) is 14.6. The van der Waals surface area contributed by atoms with E-state index in [1.165, 1.54) is 0 Å². The maximum absolute atomic E-state index is 11.3. The Morgan fingerprint density at radius 1 is 1.32 bits per heavy atom. The van der Waals surface area contributed by atoms with E-state index in [0.717, 1.165) is 29.2 Å². The Labute approximate surface area is 135 Å². The van der Waals surface area contributed by atoms with Crippen LogP contribution < -0.4 is 5.14 Å². The fourth-order valence-electron chi connectivity index (χ4n) is 2.17. The molecule has 0 saturated carbocycles. The molecule has 0 saturated heterocycles. The first-order valence-electron chi connectivity index (χ1n) is 7.07. The molecule has 0 aliphatic rings. The quantitative estimate of drug-likeness (QED) is 0.877. The van der Waals surface area contributed by atoms with Gasteiger partial charge in [-0.05, 0) is 38.1 Å². The number of nitrogens with two attached hydrogens (primary N) is 1. The average Bonchev–Trinajstić information content (AvgIpc) is 2.93. The van der Waals surface area contributed by atoms with Crippen LogP contribution in [0.3, 0.4) is 0 Å². The summed E-state index contributed by atoms with van der Waals surface area (Å²) in [5.74, 6) is 0. The molecule has 2 rings (SSSR count). The Bertz CT molecular complexity index is 724. The molecular formula is C15H21N3O2S2. The van der Waals surface area contributed by atoms with Gasteiger partial charge in [0, 0.05) is 18.0 Å². The molecule has 0 spiro atoms. The van der Waals surface area contributed by atoms with Gasteiger partial charge in [0.25, 0.3) is 0 Å². The molecule has 5 nitrogen and oxygen atoms in total. The van der Waals surface area contributed by atoms with Gasteiger partial charge >= 0.3 is 0 Å². The summed E-state index contributed by atoms with van der Waals surface area (Å²) in [5, 5.41) is 8.35. The minimum atomic E-state index is -3.64. The van der Waals surface area contributed by atoms with E-state index < -0.39 is 10.0 Å². The molecule has 0 amide bonds. The lowest BCUT2D eigenvalue weighted by atomic mass is 10.1. The van der Waals surface area contributed by atoms with E-state index in [1.54, 1.807) is 35.6 Å². The molecule has 7 heteroatoms. The highest BCUT2D eigenvalue weighted by Gasteiger charge is 2.15. The van der Waals surface area contributed by atoms with Crippen LogP contribution >= 0.6 is 11.3 Å². The number of thiazole rings is 1. The van der Waals surface area contributed by atoms with Crippen LogP contribution in [0.4, 0.5) is 0 Å². The molecule has 0 bridgehead atoms. The standard InChI is InChI=1S/C15H21N3O2S2/c1-4-15-17-13(10-21-15)9-18(3)11(2)12-5-7-14(8-6-12)22(16,19)20/h5-8,10-11H,4,9H2,1-3H3,(H2,16,19,20)/t11-/m1/s1. The lowest BCUT2D eigenvalue weighted by Crippen LogP contribution is -2.22. The normalized spacial score (nSPS) is 13.5. The molecule has 2 aromatic rings. The lowest BCUT2D eigenvalue weighted by molar-refractivity contribution is 0.250. The number of sulfonamides is 1. The number of benzene rings is 1. The number of aryl methyl sites for hydroxylation is 1. The molecule has 0 unspecified atom stereocenters. The largest absolute Gasteiger partial charge is 0.294 e. The number of nitrogens with zero attached hydrogens (tertiary/aromatic N) is 2. The second-order valence-electron chi connectivity index (χ2n) is 5.29. The van der Waals surface area contributed by atoms with Gasteiger partial charge in [0.05, 0.1) is 15.6 Å². The van der Waals surface area contributed by atoms with E-state index in [4.69, 9.17) is 5.14 Å². The summed E-state index contributed by atoms with van der Waals surface area (Å²) in [6.07, 6.45) is 0.957. The van der Waals surface area contributed by atoms with Gasteiger partial charge in [-0.25, -0.2) is 18.5 Å². The molecule has 120 valence electrons. The summed E-state index contributed by atoms with van der Waals surface area (Å²) < 4.78 is 22.6. The number of aromatic nitrogens is 1. The number of rotatable bonds is 6. The molecule has 1 aromatic carbocycles. The molecule has 0 radical (unpaired) electrons. The second-order valence-corrected chi connectivity index (χ2v) is 7.80. The first-order valence-corrected chi connectivity index (χ1v) is 9.50. The summed E-state index contributed by atoms with van der Waals surface area (Å²) in [5.41, 5.74) is 2.11. The summed E-state index contributed by atoms with van der Waals surface area (Å²) in [6, 6.07) is 6.86. The zero-order chi connectivity index (χ0) is 16.3. The first-order chi connectivity index (χ1) is 10.3. The molecule has 0 fully saturated rings. The molecular weight excluding hydrogens is 318 g/mol. The van der Waals surface area contributed by atoms with Crippen molar-refractivity contribution in [2.75, 3.05) is 7.05 Å². The predicted octanol–water partition coefficient (Wildman–Crippen LogP) is 2.55. The number of hydrogen-bond acceptors (Lipinski definition) is 5. The van der Waals surface area contributed by atoms with Crippen LogP contribution in [0, 0.1) is 0 Å². The molecule has 2 N–H and O–H groups in total. The van der Waals surface area contributed by atoms with Crippen molar-refractivity contribution in [1.82, 2.24) is 9.88 Å². The Balaban J connectivity index is 2.08. The van der Waals surface area contributed by atoms with Gasteiger partial charge < -0.3 is 0 Å². The average molecular weight is 339 g/mol. The highest BCUT2D eigenvalue weighted by atomic mass is 32.2. The molecule has 0 aliphatic carbocycles. The third-order valence-electron chi connectivity index (χ3n) is 3.67. The second kappa shape index (κ2) is 6.87. The van der Waals surface area contributed by atoms with Crippen molar-refractivity contribution < 1.29 is 8.42 Å². The third-order valence-corrected chi connectivity index (χ3v) is 5.64. The van der Waals surface area contributed by atoms with Gasteiger partial charge in [0.15, 0.2) is 0 Å². The van der Waals surface area contributed by atoms with Crippen molar-refractivity contribution in [3.05, 3.63) is 45.9 Å². The first kappa shape index (κ1) is 17.1. The molecule has 1 atom stereocenters. The van der Waals surface area contributed by atoms with Crippen LogP contribution in [0.2, 0.25) is 0 Å². The third kappa shape index (κ3) is 4.13. The maximum Gasteiger partial charge on any atom is 0.238 e. The van der Waals surface area contributed by atoms with Gasteiger partial charge in [-0.15, -0.1) is 11.3 Å². The van der Waals surface area contributed by atoms with Gasteiger partial charge in [-0.3, -0.25) is 4.90 Å². The predicted molar refractivity (Wildman–Crippen MR) is 89.2 cm³/mol.